The number of aliphatic carboxylic acids is 1. The van der Waals surface area contributed by atoms with E-state index >= 15 is 0 Å². The normalized spacial score (nSPS) is 11.8. The Morgan fingerprint density at radius 2 is 2.10 bits per heavy atom. The molecule has 0 saturated carbocycles. The van der Waals surface area contributed by atoms with Crippen molar-refractivity contribution in [1.82, 2.24) is 10.3 Å². The molecule has 0 radical (unpaired) electrons. The highest BCUT2D eigenvalue weighted by Crippen LogP contribution is 2.14. The van der Waals surface area contributed by atoms with Crippen molar-refractivity contribution in [2.45, 2.75) is 12.5 Å². The number of amides is 1. The first-order valence-electron chi connectivity index (χ1n) is 6.29. The Morgan fingerprint density at radius 3 is 2.76 bits per heavy atom. The van der Waals surface area contributed by atoms with Gasteiger partial charge in [0.05, 0.1) is 5.56 Å². The van der Waals surface area contributed by atoms with Crippen LogP contribution in [0, 0.1) is 0 Å². The Labute approximate surface area is 120 Å². The van der Waals surface area contributed by atoms with Crippen molar-refractivity contribution >= 4 is 22.8 Å². The number of aromatic nitrogens is 1. The minimum Gasteiger partial charge on any atom is -0.480 e. The van der Waals surface area contributed by atoms with Crippen molar-refractivity contribution in [3.8, 4) is 0 Å². The number of pyridine rings is 1. The molecule has 0 aliphatic heterocycles. The fourth-order valence-corrected chi connectivity index (χ4v) is 2.02. The number of rotatable bonds is 5. The highest BCUT2D eigenvalue weighted by molar-refractivity contribution is 6.06. The van der Waals surface area contributed by atoms with Gasteiger partial charge in [0.25, 0.3) is 5.91 Å². The number of carboxylic acid groups (broad SMARTS) is 1. The molecule has 1 amide bonds. The largest absolute Gasteiger partial charge is 0.480 e. The second kappa shape index (κ2) is 6.04. The van der Waals surface area contributed by atoms with E-state index in [0.29, 0.717) is 10.9 Å². The summed E-state index contributed by atoms with van der Waals surface area (Å²) in [6.45, 7) is 3.46. The van der Waals surface area contributed by atoms with Crippen LogP contribution < -0.4 is 10.9 Å². The van der Waals surface area contributed by atoms with Crippen LogP contribution in [0.1, 0.15) is 16.8 Å². The molecule has 6 heteroatoms. The Bertz CT molecular complexity index is 764. The van der Waals surface area contributed by atoms with Gasteiger partial charge in [-0.15, -0.1) is 6.58 Å². The lowest BCUT2D eigenvalue weighted by Gasteiger charge is -2.13. The maximum atomic E-state index is 12.2. The number of nitrogens with one attached hydrogen (secondary N) is 2. The minimum absolute atomic E-state index is 0.0994. The van der Waals surface area contributed by atoms with Gasteiger partial charge in [-0.05, 0) is 12.5 Å². The van der Waals surface area contributed by atoms with Crippen LogP contribution in [0.25, 0.3) is 10.9 Å². The summed E-state index contributed by atoms with van der Waals surface area (Å²) >= 11 is 0. The summed E-state index contributed by atoms with van der Waals surface area (Å²) in [5.74, 6) is -1.76. The molecule has 3 N–H and O–H groups in total. The number of para-hydroxylation sites is 1. The molecule has 0 spiro atoms. The van der Waals surface area contributed by atoms with Crippen LogP contribution in [0.2, 0.25) is 0 Å². The number of carbonyl (C=O) groups excluding carboxylic acids is 1. The number of hydrogen-bond acceptors (Lipinski definition) is 3. The van der Waals surface area contributed by atoms with Crippen molar-refractivity contribution in [3.63, 3.8) is 0 Å². The fraction of sp³-hybridized carbons (Fsp3) is 0.133. The summed E-state index contributed by atoms with van der Waals surface area (Å²) in [6.07, 6.45) is 1.51. The van der Waals surface area contributed by atoms with Crippen molar-refractivity contribution in [1.29, 1.82) is 0 Å². The van der Waals surface area contributed by atoms with Crippen LogP contribution in [0.15, 0.2) is 47.8 Å². The molecule has 1 heterocycles. The second-order valence-electron chi connectivity index (χ2n) is 4.48. The van der Waals surface area contributed by atoms with Crippen LogP contribution in [-0.2, 0) is 4.79 Å². The van der Waals surface area contributed by atoms with Crippen LogP contribution in [0.5, 0.6) is 0 Å². The summed E-state index contributed by atoms with van der Waals surface area (Å²) in [4.78, 5) is 37.5. The zero-order chi connectivity index (χ0) is 15.4. The van der Waals surface area contributed by atoms with Gasteiger partial charge < -0.3 is 15.4 Å². The van der Waals surface area contributed by atoms with Gasteiger partial charge in [-0.2, -0.15) is 0 Å². The summed E-state index contributed by atoms with van der Waals surface area (Å²) < 4.78 is 0. The summed E-state index contributed by atoms with van der Waals surface area (Å²) in [7, 11) is 0. The maximum Gasteiger partial charge on any atom is 0.326 e. The molecule has 0 saturated heterocycles. The van der Waals surface area contributed by atoms with Crippen molar-refractivity contribution < 1.29 is 14.7 Å². The lowest BCUT2D eigenvalue weighted by atomic mass is 10.1. The Kier molecular flexibility index (Phi) is 4.18. The SMILES string of the molecule is C=CCC(NC(=O)c1cc(=O)[nH]c2ccccc12)C(=O)O. The molecule has 0 bridgehead atoms. The number of aromatic amines is 1. The number of carboxylic acids is 1. The molecule has 2 rings (SSSR count). The Morgan fingerprint density at radius 1 is 1.38 bits per heavy atom. The molecule has 0 aliphatic carbocycles. The van der Waals surface area contributed by atoms with E-state index in [1.165, 1.54) is 6.08 Å². The Balaban J connectivity index is 2.41. The number of carbonyl (C=O) groups is 2. The predicted molar refractivity (Wildman–Crippen MR) is 78.3 cm³/mol. The molecular weight excluding hydrogens is 272 g/mol. The third kappa shape index (κ3) is 3.17. The number of fused-ring (bicyclic) bond motifs is 1. The van der Waals surface area contributed by atoms with E-state index in [1.807, 2.05) is 0 Å². The molecular formula is C15H14N2O4. The molecule has 0 fully saturated rings. The maximum absolute atomic E-state index is 12.2. The molecule has 6 nitrogen and oxygen atoms in total. The highest BCUT2D eigenvalue weighted by Gasteiger charge is 2.20. The molecule has 1 unspecified atom stereocenters. The first-order chi connectivity index (χ1) is 10.0. The van der Waals surface area contributed by atoms with Crippen molar-refractivity contribution in [2.75, 3.05) is 0 Å². The highest BCUT2D eigenvalue weighted by atomic mass is 16.4. The monoisotopic (exact) mass is 286 g/mol. The van der Waals surface area contributed by atoms with Crippen LogP contribution in [-0.4, -0.2) is 28.0 Å². The predicted octanol–water partition coefficient (Wildman–Crippen LogP) is 1.29. The van der Waals surface area contributed by atoms with Gasteiger partial charge in [0.15, 0.2) is 0 Å². The van der Waals surface area contributed by atoms with E-state index in [2.05, 4.69) is 16.9 Å². The number of H-pyrrole nitrogens is 1. The molecule has 2 aromatic rings. The standard InChI is InChI=1S/C15H14N2O4/c1-2-5-12(15(20)21)17-14(19)10-8-13(18)16-11-7-4-3-6-9(10)11/h2-4,6-8,12H,1,5H2,(H,16,18)(H,17,19)(H,20,21). The molecule has 1 aromatic carbocycles. The average Bonchev–Trinajstić information content (AvgIpc) is 2.45. The summed E-state index contributed by atoms with van der Waals surface area (Å²) in [5, 5.41) is 12.0. The quantitative estimate of drug-likeness (QED) is 0.721. The van der Waals surface area contributed by atoms with Crippen LogP contribution in [0.3, 0.4) is 0 Å². The third-order valence-electron chi connectivity index (χ3n) is 3.00. The topological polar surface area (TPSA) is 99.3 Å². The van der Waals surface area contributed by atoms with E-state index in [1.54, 1.807) is 24.3 Å². The number of benzene rings is 1. The van der Waals surface area contributed by atoms with Gasteiger partial charge in [-0.1, -0.05) is 24.3 Å². The smallest absolute Gasteiger partial charge is 0.326 e. The third-order valence-corrected chi connectivity index (χ3v) is 3.00. The van der Waals surface area contributed by atoms with E-state index in [-0.39, 0.29) is 12.0 Å². The zero-order valence-electron chi connectivity index (χ0n) is 11.1. The van der Waals surface area contributed by atoms with Gasteiger partial charge in [0, 0.05) is 17.0 Å². The average molecular weight is 286 g/mol. The lowest BCUT2D eigenvalue weighted by molar-refractivity contribution is -0.139. The van der Waals surface area contributed by atoms with Gasteiger partial charge >= 0.3 is 5.97 Å². The summed E-state index contributed by atoms with van der Waals surface area (Å²) in [5.41, 5.74) is 0.241. The lowest BCUT2D eigenvalue weighted by Crippen LogP contribution is -2.40. The minimum atomic E-state index is -1.16. The van der Waals surface area contributed by atoms with Gasteiger partial charge in [-0.3, -0.25) is 9.59 Å². The second-order valence-corrected chi connectivity index (χ2v) is 4.48. The molecule has 108 valence electrons. The van der Waals surface area contributed by atoms with E-state index < -0.39 is 23.5 Å². The molecule has 1 aromatic heterocycles. The summed E-state index contributed by atoms with van der Waals surface area (Å²) in [6, 6.07) is 6.90. The first kappa shape index (κ1) is 14.5. The molecule has 1 atom stereocenters. The van der Waals surface area contributed by atoms with E-state index in [0.717, 1.165) is 6.07 Å². The van der Waals surface area contributed by atoms with Gasteiger partial charge in [0.1, 0.15) is 6.04 Å². The van der Waals surface area contributed by atoms with Crippen LogP contribution in [0.4, 0.5) is 0 Å². The van der Waals surface area contributed by atoms with E-state index in [4.69, 9.17) is 5.11 Å². The fourth-order valence-electron chi connectivity index (χ4n) is 2.02. The van der Waals surface area contributed by atoms with Crippen LogP contribution >= 0.6 is 0 Å². The zero-order valence-corrected chi connectivity index (χ0v) is 11.1. The van der Waals surface area contributed by atoms with Crippen molar-refractivity contribution in [3.05, 3.63) is 58.9 Å². The molecule has 0 aliphatic rings. The Hall–Kier alpha value is -2.89. The van der Waals surface area contributed by atoms with E-state index in [9.17, 15) is 14.4 Å². The van der Waals surface area contributed by atoms with Gasteiger partial charge in [-0.25, -0.2) is 4.79 Å². The first-order valence-corrected chi connectivity index (χ1v) is 6.29. The van der Waals surface area contributed by atoms with Crippen molar-refractivity contribution in [2.24, 2.45) is 0 Å². The number of hydrogen-bond donors (Lipinski definition) is 3. The van der Waals surface area contributed by atoms with Gasteiger partial charge in [0.2, 0.25) is 5.56 Å². The molecule has 21 heavy (non-hydrogen) atoms.